The first kappa shape index (κ1) is 23.0. The van der Waals surface area contributed by atoms with E-state index in [0.717, 1.165) is 17.0 Å². The summed E-state index contributed by atoms with van der Waals surface area (Å²) in [6.07, 6.45) is -0.278. The number of thioether (sulfide) groups is 1. The second-order valence-electron chi connectivity index (χ2n) is 7.65. The molecule has 0 radical (unpaired) electrons. The van der Waals surface area contributed by atoms with Gasteiger partial charge >= 0.3 is 0 Å². The number of benzene rings is 2. The molecule has 0 aliphatic rings. The third-order valence-corrected chi connectivity index (χ3v) is 6.95. The highest BCUT2D eigenvalue weighted by Gasteiger charge is 2.18. The fraction of sp³-hybridized carbons (Fsp3) is 0.250. The number of nitrogens with zero attached hydrogens (tertiary/aromatic N) is 4. The molecule has 0 aliphatic heterocycles. The molecule has 4 aromatic rings. The number of hydrogen-bond donors (Lipinski definition) is 1. The second kappa shape index (κ2) is 10.2. The second-order valence-corrected chi connectivity index (χ2v) is 9.45. The van der Waals surface area contributed by atoms with E-state index in [1.807, 2.05) is 72.4 Å². The Morgan fingerprint density at radius 2 is 1.94 bits per heavy atom. The predicted molar refractivity (Wildman–Crippen MR) is 133 cm³/mol. The summed E-state index contributed by atoms with van der Waals surface area (Å²) in [6.45, 7) is 6.07. The molecule has 2 aromatic carbocycles. The maximum Gasteiger partial charge on any atom is 0.236 e. The van der Waals surface area contributed by atoms with Crippen molar-refractivity contribution in [2.45, 2.75) is 32.0 Å². The highest BCUT2D eigenvalue weighted by molar-refractivity contribution is 7.99. The van der Waals surface area contributed by atoms with E-state index in [2.05, 4.69) is 34.3 Å². The van der Waals surface area contributed by atoms with Crippen molar-refractivity contribution in [2.75, 3.05) is 11.1 Å². The number of anilines is 1. The zero-order chi connectivity index (χ0) is 23.4. The topological polar surface area (TPSA) is 81.9 Å². The molecule has 1 N–H and O–H groups in total. The Kier molecular flexibility index (Phi) is 7.10. The molecule has 0 spiro atoms. The quantitative estimate of drug-likeness (QED) is 0.340. The Balaban J connectivity index is 1.33. The van der Waals surface area contributed by atoms with Crippen molar-refractivity contribution in [2.24, 2.45) is 7.05 Å². The van der Waals surface area contributed by atoms with Gasteiger partial charge in [0.05, 0.1) is 11.4 Å². The number of nitrogens with one attached hydrogen (secondary N) is 1. The van der Waals surface area contributed by atoms with Crippen LogP contribution in [0.5, 0.6) is 5.75 Å². The lowest BCUT2D eigenvalue weighted by molar-refractivity contribution is -0.113. The fourth-order valence-corrected chi connectivity index (χ4v) is 4.66. The van der Waals surface area contributed by atoms with E-state index in [9.17, 15) is 4.79 Å². The predicted octanol–water partition coefficient (Wildman–Crippen LogP) is 5.43. The van der Waals surface area contributed by atoms with Gasteiger partial charge in [-0.1, -0.05) is 48.2 Å². The molecule has 0 saturated carbocycles. The standard InChI is InChI=1S/C24H25N5O2S2/c1-15-10-11-19(12-16(15)2)31-17(3)22-27-28-24(29(22)4)33-14-21(30)26-23-25-20(13-32-23)18-8-6-5-7-9-18/h5-13,17H,14H2,1-4H3,(H,25,26,30). The highest BCUT2D eigenvalue weighted by atomic mass is 32.2. The SMILES string of the molecule is Cc1ccc(OC(C)c2nnc(SCC(=O)Nc3nc(-c4ccccc4)cs3)n2C)cc1C. The van der Waals surface area contributed by atoms with E-state index >= 15 is 0 Å². The lowest BCUT2D eigenvalue weighted by atomic mass is 10.1. The van der Waals surface area contributed by atoms with Crippen LogP contribution in [0, 0.1) is 13.8 Å². The lowest BCUT2D eigenvalue weighted by Crippen LogP contribution is -2.14. The van der Waals surface area contributed by atoms with Crippen LogP contribution in [0.15, 0.2) is 59.1 Å². The van der Waals surface area contributed by atoms with E-state index in [0.29, 0.717) is 16.1 Å². The van der Waals surface area contributed by atoms with Crippen molar-refractivity contribution in [1.82, 2.24) is 19.7 Å². The highest BCUT2D eigenvalue weighted by Crippen LogP contribution is 2.27. The molecule has 7 nitrogen and oxygen atoms in total. The number of aryl methyl sites for hydroxylation is 2. The van der Waals surface area contributed by atoms with Gasteiger partial charge in [-0.2, -0.15) is 0 Å². The van der Waals surface area contributed by atoms with Crippen LogP contribution in [0.3, 0.4) is 0 Å². The minimum Gasteiger partial charge on any atom is -0.483 e. The first-order valence-electron chi connectivity index (χ1n) is 10.5. The molecule has 170 valence electrons. The van der Waals surface area contributed by atoms with Crippen LogP contribution in [0.25, 0.3) is 11.3 Å². The Labute approximate surface area is 201 Å². The molecule has 0 bridgehead atoms. The number of rotatable bonds is 8. The summed E-state index contributed by atoms with van der Waals surface area (Å²) in [7, 11) is 1.88. The van der Waals surface area contributed by atoms with Gasteiger partial charge in [0.2, 0.25) is 5.91 Å². The number of aromatic nitrogens is 4. The minimum atomic E-state index is -0.278. The third-order valence-electron chi connectivity index (χ3n) is 5.18. The molecule has 1 amide bonds. The number of thiazole rings is 1. The third kappa shape index (κ3) is 5.61. The van der Waals surface area contributed by atoms with E-state index in [1.165, 1.54) is 34.2 Å². The molecular weight excluding hydrogens is 454 g/mol. The molecule has 0 fully saturated rings. The smallest absolute Gasteiger partial charge is 0.236 e. The Hall–Kier alpha value is -3.17. The molecule has 0 aliphatic carbocycles. The van der Waals surface area contributed by atoms with Crippen LogP contribution in [-0.2, 0) is 11.8 Å². The first-order chi connectivity index (χ1) is 15.9. The summed E-state index contributed by atoms with van der Waals surface area (Å²) < 4.78 is 7.92. The zero-order valence-electron chi connectivity index (χ0n) is 18.9. The van der Waals surface area contributed by atoms with Gasteiger partial charge in [-0.15, -0.1) is 21.5 Å². The van der Waals surface area contributed by atoms with Gasteiger partial charge < -0.3 is 14.6 Å². The minimum absolute atomic E-state index is 0.141. The Bertz CT molecular complexity index is 1250. The summed E-state index contributed by atoms with van der Waals surface area (Å²) in [6, 6.07) is 15.9. The van der Waals surface area contributed by atoms with Crippen LogP contribution < -0.4 is 10.1 Å². The van der Waals surface area contributed by atoms with Crippen LogP contribution in [0.4, 0.5) is 5.13 Å². The van der Waals surface area contributed by atoms with E-state index in [1.54, 1.807) is 0 Å². The average molecular weight is 480 g/mol. The van der Waals surface area contributed by atoms with Gasteiger partial charge in [-0.3, -0.25) is 4.79 Å². The van der Waals surface area contributed by atoms with Gasteiger partial charge in [-0.05, 0) is 44.0 Å². The lowest BCUT2D eigenvalue weighted by Gasteiger charge is -2.15. The van der Waals surface area contributed by atoms with Crippen molar-refractivity contribution < 1.29 is 9.53 Å². The monoisotopic (exact) mass is 479 g/mol. The van der Waals surface area contributed by atoms with Crippen molar-refractivity contribution in [3.8, 4) is 17.0 Å². The van der Waals surface area contributed by atoms with Gasteiger partial charge in [0, 0.05) is 18.0 Å². The van der Waals surface area contributed by atoms with Crippen molar-refractivity contribution in [1.29, 1.82) is 0 Å². The van der Waals surface area contributed by atoms with Gasteiger partial charge in [0.15, 0.2) is 22.2 Å². The van der Waals surface area contributed by atoms with Crippen LogP contribution >= 0.6 is 23.1 Å². The van der Waals surface area contributed by atoms with Crippen molar-refractivity contribution in [3.05, 3.63) is 70.9 Å². The molecule has 4 rings (SSSR count). The van der Waals surface area contributed by atoms with Gasteiger partial charge in [0.25, 0.3) is 0 Å². The molecule has 9 heteroatoms. The van der Waals surface area contributed by atoms with Crippen LogP contribution in [0.1, 0.15) is 30.0 Å². The number of hydrogen-bond acceptors (Lipinski definition) is 7. The summed E-state index contributed by atoms with van der Waals surface area (Å²) in [4.78, 5) is 16.9. The summed E-state index contributed by atoms with van der Waals surface area (Å²) >= 11 is 2.73. The van der Waals surface area contributed by atoms with Crippen LogP contribution in [0.2, 0.25) is 0 Å². The summed E-state index contributed by atoms with van der Waals surface area (Å²) in [5.41, 5.74) is 4.27. The van der Waals surface area contributed by atoms with E-state index < -0.39 is 0 Å². The molecule has 33 heavy (non-hydrogen) atoms. The molecule has 2 heterocycles. The number of ether oxygens (including phenoxy) is 1. The molecule has 1 atom stereocenters. The largest absolute Gasteiger partial charge is 0.483 e. The van der Waals surface area contributed by atoms with Crippen molar-refractivity contribution in [3.63, 3.8) is 0 Å². The maximum atomic E-state index is 12.4. The number of amides is 1. The molecule has 2 aromatic heterocycles. The Morgan fingerprint density at radius 1 is 1.15 bits per heavy atom. The van der Waals surface area contributed by atoms with E-state index in [4.69, 9.17) is 4.74 Å². The number of carbonyl (C=O) groups is 1. The van der Waals surface area contributed by atoms with Gasteiger partial charge in [-0.25, -0.2) is 4.98 Å². The molecule has 0 saturated heterocycles. The first-order valence-corrected chi connectivity index (χ1v) is 12.3. The van der Waals surface area contributed by atoms with Crippen LogP contribution in [-0.4, -0.2) is 31.4 Å². The van der Waals surface area contributed by atoms with E-state index in [-0.39, 0.29) is 17.8 Å². The normalized spacial score (nSPS) is 11.9. The van der Waals surface area contributed by atoms with Gasteiger partial charge in [0.1, 0.15) is 5.75 Å². The molecule has 1 unspecified atom stereocenters. The maximum absolute atomic E-state index is 12.4. The fourth-order valence-electron chi connectivity index (χ4n) is 3.21. The van der Waals surface area contributed by atoms with Crippen molar-refractivity contribution >= 4 is 34.1 Å². The number of carbonyl (C=O) groups excluding carboxylic acids is 1. The average Bonchev–Trinajstić information content (AvgIpc) is 3.42. The Morgan fingerprint density at radius 3 is 2.70 bits per heavy atom. The summed E-state index contributed by atoms with van der Waals surface area (Å²) in [5.74, 6) is 1.56. The zero-order valence-corrected chi connectivity index (χ0v) is 20.5. The molecular formula is C24H25N5O2S2. The summed E-state index contributed by atoms with van der Waals surface area (Å²) in [5, 5.41) is 14.5.